The molecule has 0 bridgehead atoms. The minimum atomic E-state index is -0.0420. The van der Waals surface area contributed by atoms with E-state index < -0.39 is 0 Å². The maximum Gasteiger partial charge on any atom is 0.229 e. The standard InChI is InChI=1S/C12H17N3O/c1-8-5-6-14-7-11(8)15-12(16)9-3-2-4-10(9)13/h5-7,9-10H,2-4,13H2,1H3,(H,15,16). The predicted octanol–water partition coefficient (Wildman–Crippen LogP) is 1.46. The maximum atomic E-state index is 12.0. The summed E-state index contributed by atoms with van der Waals surface area (Å²) in [7, 11) is 0. The molecule has 0 spiro atoms. The lowest BCUT2D eigenvalue weighted by atomic mass is 10.0. The fourth-order valence-electron chi connectivity index (χ4n) is 2.13. The molecular formula is C12H17N3O. The summed E-state index contributed by atoms with van der Waals surface area (Å²) in [5, 5.41) is 2.90. The molecule has 1 aliphatic rings. The zero-order valence-electron chi connectivity index (χ0n) is 9.44. The van der Waals surface area contributed by atoms with Gasteiger partial charge in [-0.15, -0.1) is 0 Å². The molecule has 4 heteroatoms. The van der Waals surface area contributed by atoms with Gasteiger partial charge in [0, 0.05) is 12.2 Å². The van der Waals surface area contributed by atoms with Crippen LogP contribution in [0.4, 0.5) is 5.69 Å². The van der Waals surface area contributed by atoms with Crippen LogP contribution in [0.25, 0.3) is 0 Å². The Kier molecular flexibility index (Phi) is 3.19. The van der Waals surface area contributed by atoms with E-state index >= 15 is 0 Å². The van der Waals surface area contributed by atoms with Crippen LogP contribution in [0, 0.1) is 12.8 Å². The number of anilines is 1. The Balaban J connectivity index is 2.05. The maximum absolute atomic E-state index is 12.0. The number of carbonyl (C=O) groups excluding carboxylic acids is 1. The smallest absolute Gasteiger partial charge is 0.229 e. The van der Waals surface area contributed by atoms with Gasteiger partial charge in [-0.1, -0.05) is 6.42 Å². The van der Waals surface area contributed by atoms with Crippen LogP contribution in [-0.2, 0) is 4.79 Å². The summed E-state index contributed by atoms with van der Waals surface area (Å²) in [6, 6.07) is 1.89. The Labute approximate surface area is 95.3 Å². The van der Waals surface area contributed by atoms with E-state index in [1.165, 1.54) is 0 Å². The van der Waals surface area contributed by atoms with E-state index in [0.29, 0.717) is 0 Å². The van der Waals surface area contributed by atoms with E-state index in [0.717, 1.165) is 30.5 Å². The van der Waals surface area contributed by atoms with E-state index in [4.69, 9.17) is 5.73 Å². The van der Waals surface area contributed by atoms with Crippen molar-refractivity contribution in [3.05, 3.63) is 24.0 Å². The molecule has 1 heterocycles. The van der Waals surface area contributed by atoms with Crippen LogP contribution in [0.3, 0.4) is 0 Å². The lowest BCUT2D eigenvalue weighted by Gasteiger charge is -2.15. The summed E-state index contributed by atoms with van der Waals surface area (Å²) in [6.07, 6.45) is 6.28. The van der Waals surface area contributed by atoms with Gasteiger partial charge in [-0.25, -0.2) is 0 Å². The van der Waals surface area contributed by atoms with Crippen molar-refractivity contribution in [2.75, 3.05) is 5.32 Å². The fourth-order valence-corrected chi connectivity index (χ4v) is 2.13. The predicted molar refractivity (Wildman–Crippen MR) is 62.9 cm³/mol. The highest BCUT2D eigenvalue weighted by atomic mass is 16.1. The first kappa shape index (κ1) is 11.1. The molecule has 1 aromatic rings. The quantitative estimate of drug-likeness (QED) is 0.791. The molecular weight excluding hydrogens is 202 g/mol. The summed E-state index contributed by atoms with van der Waals surface area (Å²) in [4.78, 5) is 16.0. The number of nitrogens with one attached hydrogen (secondary N) is 1. The number of nitrogens with zero attached hydrogens (tertiary/aromatic N) is 1. The average molecular weight is 219 g/mol. The number of aromatic nitrogens is 1. The van der Waals surface area contributed by atoms with Crippen molar-refractivity contribution >= 4 is 11.6 Å². The third-order valence-electron chi connectivity index (χ3n) is 3.20. The lowest BCUT2D eigenvalue weighted by molar-refractivity contribution is -0.120. The van der Waals surface area contributed by atoms with Gasteiger partial charge in [-0.05, 0) is 31.4 Å². The van der Waals surface area contributed by atoms with Gasteiger partial charge < -0.3 is 11.1 Å². The molecule has 4 nitrogen and oxygen atoms in total. The Morgan fingerprint density at radius 1 is 1.56 bits per heavy atom. The average Bonchev–Trinajstić information content (AvgIpc) is 2.68. The summed E-state index contributed by atoms with van der Waals surface area (Å²) in [5.74, 6) is -0.0132. The van der Waals surface area contributed by atoms with Crippen molar-refractivity contribution in [2.24, 2.45) is 11.7 Å². The summed E-state index contributed by atoms with van der Waals surface area (Å²) >= 11 is 0. The highest BCUT2D eigenvalue weighted by molar-refractivity contribution is 5.93. The first-order valence-electron chi connectivity index (χ1n) is 5.65. The van der Waals surface area contributed by atoms with Crippen molar-refractivity contribution in [1.29, 1.82) is 0 Å². The largest absolute Gasteiger partial charge is 0.327 e. The summed E-state index contributed by atoms with van der Waals surface area (Å²) < 4.78 is 0. The first-order chi connectivity index (χ1) is 7.68. The Morgan fingerprint density at radius 3 is 3.00 bits per heavy atom. The van der Waals surface area contributed by atoms with E-state index in [2.05, 4.69) is 10.3 Å². The molecule has 1 fully saturated rings. The Hall–Kier alpha value is -1.42. The molecule has 3 N–H and O–H groups in total. The molecule has 2 atom stereocenters. The third-order valence-corrected chi connectivity index (χ3v) is 3.20. The second-order valence-electron chi connectivity index (χ2n) is 4.38. The zero-order valence-corrected chi connectivity index (χ0v) is 9.44. The number of rotatable bonds is 2. The number of aryl methyl sites for hydroxylation is 1. The monoisotopic (exact) mass is 219 g/mol. The van der Waals surface area contributed by atoms with Crippen LogP contribution in [0.2, 0.25) is 0 Å². The van der Waals surface area contributed by atoms with E-state index in [1.54, 1.807) is 12.4 Å². The van der Waals surface area contributed by atoms with Crippen LogP contribution >= 0.6 is 0 Å². The molecule has 0 aromatic carbocycles. The van der Waals surface area contributed by atoms with Crippen LogP contribution in [0.5, 0.6) is 0 Å². The van der Waals surface area contributed by atoms with E-state index in [9.17, 15) is 4.79 Å². The Morgan fingerprint density at radius 2 is 2.38 bits per heavy atom. The van der Waals surface area contributed by atoms with Gasteiger partial charge in [-0.3, -0.25) is 9.78 Å². The summed E-state index contributed by atoms with van der Waals surface area (Å²) in [6.45, 7) is 1.95. The number of nitrogens with two attached hydrogens (primary N) is 1. The van der Waals surface area contributed by atoms with Gasteiger partial charge >= 0.3 is 0 Å². The van der Waals surface area contributed by atoms with Crippen LogP contribution in [0.1, 0.15) is 24.8 Å². The molecule has 1 aliphatic carbocycles. The molecule has 16 heavy (non-hydrogen) atoms. The van der Waals surface area contributed by atoms with E-state index in [-0.39, 0.29) is 17.9 Å². The van der Waals surface area contributed by atoms with Gasteiger partial charge in [-0.2, -0.15) is 0 Å². The van der Waals surface area contributed by atoms with Crippen molar-refractivity contribution < 1.29 is 4.79 Å². The fraction of sp³-hybridized carbons (Fsp3) is 0.500. The number of hydrogen-bond donors (Lipinski definition) is 2. The van der Waals surface area contributed by atoms with Gasteiger partial charge in [0.05, 0.1) is 17.8 Å². The van der Waals surface area contributed by atoms with Crippen LogP contribution < -0.4 is 11.1 Å². The van der Waals surface area contributed by atoms with E-state index in [1.807, 2.05) is 13.0 Å². The zero-order chi connectivity index (χ0) is 11.5. The van der Waals surface area contributed by atoms with Crippen LogP contribution in [0.15, 0.2) is 18.5 Å². The van der Waals surface area contributed by atoms with Crippen molar-refractivity contribution in [3.8, 4) is 0 Å². The lowest BCUT2D eigenvalue weighted by Crippen LogP contribution is -2.34. The van der Waals surface area contributed by atoms with Crippen molar-refractivity contribution in [1.82, 2.24) is 4.98 Å². The van der Waals surface area contributed by atoms with Crippen molar-refractivity contribution in [2.45, 2.75) is 32.2 Å². The molecule has 86 valence electrons. The normalized spacial score (nSPS) is 24.4. The molecule has 0 saturated heterocycles. The minimum Gasteiger partial charge on any atom is -0.327 e. The number of hydrogen-bond acceptors (Lipinski definition) is 3. The second-order valence-corrected chi connectivity index (χ2v) is 4.38. The molecule has 1 saturated carbocycles. The molecule has 1 aromatic heterocycles. The molecule has 2 rings (SSSR count). The summed E-state index contributed by atoms with van der Waals surface area (Å²) in [5.41, 5.74) is 7.70. The second kappa shape index (κ2) is 4.61. The highest BCUT2D eigenvalue weighted by Gasteiger charge is 2.30. The highest BCUT2D eigenvalue weighted by Crippen LogP contribution is 2.25. The Bertz CT molecular complexity index is 392. The molecule has 0 aliphatic heterocycles. The minimum absolute atomic E-state index is 0.0111. The molecule has 1 amide bonds. The topological polar surface area (TPSA) is 68.0 Å². The van der Waals surface area contributed by atoms with Gasteiger partial charge in [0.2, 0.25) is 5.91 Å². The third kappa shape index (κ3) is 2.22. The van der Waals surface area contributed by atoms with Crippen molar-refractivity contribution in [3.63, 3.8) is 0 Å². The van der Waals surface area contributed by atoms with Gasteiger partial charge in [0.25, 0.3) is 0 Å². The number of amides is 1. The van der Waals surface area contributed by atoms with Gasteiger partial charge in [0.1, 0.15) is 0 Å². The molecule has 0 radical (unpaired) electrons. The number of carbonyl (C=O) groups is 1. The van der Waals surface area contributed by atoms with Gasteiger partial charge in [0.15, 0.2) is 0 Å². The number of pyridine rings is 1. The van der Waals surface area contributed by atoms with Crippen LogP contribution in [-0.4, -0.2) is 16.9 Å². The first-order valence-corrected chi connectivity index (χ1v) is 5.65. The molecule has 2 unspecified atom stereocenters. The SMILES string of the molecule is Cc1ccncc1NC(=O)C1CCCC1N.